The van der Waals surface area contributed by atoms with Crippen molar-refractivity contribution in [3.63, 3.8) is 0 Å². The van der Waals surface area contributed by atoms with Gasteiger partial charge in [-0.1, -0.05) is 62.4 Å². The van der Waals surface area contributed by atoms with Crippen molar-refractivity contribution in [3.05, 3.63) is 70.8 Å². The standard InChI is InChI=1S/C19H24/c1-3-16-9-7-10-17(15-16)11-8-14-19-13-6-5-12-18(19)4-2/h5-7,9-10,12-13,15H,3-4,8,11,14H2,1-2H3. The topological polar surface area (TPSA) is 0 Å². The van der Waals surface area contributed by atoms with Gasteiger partial charge in [-0.25, -0.2) is 0 Å². The lowest BCUT2D eigenvalue weighted by Crippen LogP contribution is -1.95. The van der Waals surface area contributed by atoms with Gasteiger partial charge in [0, 0.05) is 0 Å². The Morgan fingerprint density at radius 2 is 1.42 bits per heavy atom. The molecule has 0 bridgehead atoms. The summed E-state index contributed by atoms with van der Waals surface area (Å²) in [6.07, 6.45) is 5.89. The second-order valence-electron chi connectivity index (χ2n) is 5.15. The summed E-state index contributed by atoms with van der Waals surface area (Å²) in [5.74, 6) is 0. The highest BCUT2D eigenvalue weighted by molar-refractivity contribution is 5.28. The van der Waals surface area contributed by atoms with Crippen LogP contribution in [0.5, 0.6) is 0 Å². The van der Waals surface area contributed by atoms with E-state index in [2.05, 4.69) is 62.4 Å². The number of aryl methyl sites for hydroxylation is 4. The van der Waals surface area contributed by atoms with E-state index in [4.69, 9.17) is 0 Å². The molecule has 0 aromatic heterocycles. The molecule has 2 rings (SSSR count). The maximum absolute atomic E-state index is 2.35. The highest BCUT2D eigenvalue weighted by Gasteiger charge is 2.00. The summed E-state index contributed by atoms with van der Waals surface area (Å²) >= 11 is 0. The van der Waals surface area contributed by atoms with Crippen LogP contribution in [0.15, 0.2) is 48.5 Å². The van der Waals surface area contributed by atoms with Crippen molar-refractivity contribution in [2.24, 2.45) is 0 Å². The highest BCUT2D eigenvalue weighted by Crippen LogP contribution is 2.14. The predicted octanol–water partition coefficient (Wildman–Crippen LogP) is 4.99. The Kier molecular flexibility index (Phi) is 5.20. The van der Waals surface area contributed by atoms with E-state index < -0.39 is 0 Å². The van der Waals surface area contributed by atoms with E-state index in [1.54, 1.807) is 0 Å². The molecule has 2 aromatic carbocycles. The van der Waals surface area contributed by atoms with Crippen LogP contribution in [0.1, 0.15) is 42.5 Å². The molecule has 0 atom stereocenters. The van der Waals surface area contributed by atoms with Crippen LogP contribution < -0.4 is 0 Å². The summed E-state index contributed by atoms with van der Waals surface area (Å²) in [6, 6.07) is 17.9. The van der Waals surface area contributed by atoms with Crippen LogP contribution in [0, 0.1) is 0 Å². The molecular formula is C19H24. The van der Waals surface area contributed by atoms with E-state index in [1.165, 1.54) is 41.5 Å². The fourth-order valence-electron chi connectivity index (χ4n) is 2.63. The third kappa shape index (κ3) is 3.96. The van der Waals surface area contributed by atoms with Gasteiger partial charge >= 0.3 is 0 Å². The van der Waals surface area contributed by atoms with Crippen molar-refractivity contribution in [2.75, 3.05) is 0 Å². The van der Waals surface area contributed by atoms with E-state index in [0.717, 1.165) is 12.8 Å². The van der Waals surface area contributed by atoms with E-state index in [-0.39, 0.29) is 0 Å². The lowest BCUT2D eigenvalue weighted by Gasteiger charge is -2.08. The average molecular weight is 252 g/mol. The summed E-state index contributed by atoms with van der Waals surface area (Å²) in [5.41, 5.74) is 5.96. The minimum atomic E-state index is 1.13. The van der Waals surface area contributed by atoms with Gasteiger partial charge < -0.3 is 0 Å². The fourth-order valence-corrected chi connectivity index (χ4v) is 2.63. The molecule has 0 aliphatic heterocycles. The largest absolute Gasteiger partial charge is 0.0620 e. The van der Waals surface area contributed by atoms with Crippen molar-refractivity contribution < 1.29 is 0 Å². The third-order valence-corrected chi connectivity index (χ3v) is 3.81. The molecule has 0 fully saturated rings. The van der Waals surface area contributed by atoms with E-state index in [9.17, 15) is 0 Å². The average Bonchev–Trinajstić information content (AvgIpc) is 2.48. The van der Waals surface area contributed by atoms with Gasteiger partial charge in [0.15, 0.2) is 0 Å². The SMILES string of the molecule is CCc1cccc(CCCc2ccccc2CC)c1. The third-order valence-electron chi connectivity index (χ3n) is 3.81. The molecule has 0 N–H and O–H groups in total. The second kappa shape index (κ2) is 7.13. The first kappa shape index (κ1) is 13.9. The molecule has 0 saturated carbocycles. The summed E-state index contributed by atoms with van der Waals surface area (Å²) in [5, 5.41) is 0. The van der Waals surface area contributed by atoms with Gasteiger partial charge in [-0.05, 0) is 54.4 Å². The van der Waals surface area contributed by atoms with Crippen LogP contribution in [-0.4, -0.2) is 0 Å². The molecule has 19 heavy (non-hydrogen) atoms. The number of benzene rings is 2. The Morgan fingerprint density at radius 1 is 0.684 bits per heavy atom. The molecule has 0 nitrogen and oxygen atoms in total. The van der Waals surface area contributed by atoms with Crippen molar-refractivity contribution in [2.45, 2.75) is 46.0 Å². The van der Waals surface area contributed by atoms with Gasteiger partial charge in [0.1, 0.15) is 0 Å². The van der Waals surface area contributed by atoms with Gasteiger partial charge in [-0.15, -0.1) is 0 Å². The van der Waals surface area contributed by atoms with Gasteiger partial charge in [0.05, 0.1) is 0 Å². The molecule has 0 heterocycles. The zero-order chi connectivity index (χ0) is 13.5. The van der Waals surface area contributed by atoms with Crippen molar-refractivity contribution in [3.8, 4) is 0 Å². The van der Waals surface area contributed by atoms with E-state index in [0.29, 0.717) is 0 Å². The molecule has 0 radical (unpaired) electrons. The summed E-state index contributed by atoms with van der Waals surface area (Å²) in [4.78, 5) is 0. The Morgan fingerprint density at radius 3 is 2.16 bits per heavy atom. The monoisotopic (exact) mass is 252 g/mol. The Labute approximate surface area is 117 Å². The van der Waals surface area contributed by atoms with Gasteiger partial charge in [0.25, 0.3) is 0 Å². The fraction of sp³-hybridized carbons (Fsp3) is 0.368. The first-order valence-electron chi connectivity index (χ1n) is 7.48. The minimum Gasteiger partial charge on any atom is -0.0620 e. The lowest BCUT2D eigenvalue weighted by molar-refractivity contribution is 0.809. The summed E-state index contributed by atoms with van der Waals surface area (Å²) < 4.78 is 0. The Balaban J connectivity index is 1.92. The van der Waals surface area contributed by atoms with Gasteiger partial charge in [-0.3, -0.25) is 0 Å². The lowest BCUT2D eigenvalue weighted by atomic mass is 9.98. The highest BCUT2D eigenvalue weighted by atomic mass is 14.1. The Hall–Kier alpha value is -1.56. The first-order valence-corrected chi connectivity index (χ1v) is 7.48. The van der Waals surface area contributed by atoms with E-state index in [1.807, 2.05) is 0 Å². The van der Waals surface area contributed by atoms with Crippen molar-refractivity contribution in [1.82, 2.24) is 0 Å². The number of hydrogen-bond acceptors (Lipinski definition) is 0. The second-order valence-corrected chi connectivity index (χ2v) is 5.15. The first-order chi connectivity index (χ1) is 9.33. The Bertz CT molecular complexity index is 511. The molecule has 0 unspecified atom stereocenters. The zero-order valence-corrected chi connectivity index (χ0v) is 12.2. The summed E-state index contributed by atoms with van der Waals surface area (Å²) in [7, 11) is 0. The van der Waals surface area contributed by atoms with Crippen LogP contribution >= 0.6 is 0 Å². The molecule has 2 aromatic rings. The molecule has 0 aliphatic rings. The van der Waals surface area contributed by atoms with Crippen LogP contribution in [0.3, 0.4) is 0 Å². The number of rotatable bonds is 6. The van der Waals surface area contributed by atoms with Crippen LogP contribution in [0.4, 0.5) is 0 Å². The summed E-state index contributed by atoms with van der Waals surface area (Å²) in [6.45, 7) is 4.46. The zero-order valence-electron chi connectivity index (χ0n) is 12.2. The molecule has 0 heteroatoms. The molecule has 0 aliphatic carbocycles. The number of hydrogen-bond donors (Lipinski definition) is 0. The molecule has 0 saturated heterocycles. The molecule has 0 amide bonds. The maximum atomic E-state index is 2.35. The van der Waals surface area contributed by atoms with Crippen molar-refractivity contribution in [1.29, 1.82) is 0 Å². The molecular weight excluding hydrogens is 228 g/mol. The smallest absolute Gasteiger partial charge is 0.0273 e. The molecule has 0 spiro atoms. The van der Waals surface area contributed by atoms with Crippen LogP contribution in [-0.2, 0) is 25.7 Å². The normalized spacial score (nSPS) is 10.6. The quantitative estimate of drug-likeness (QED) is 0.679. The molecule has 100 valence electrons. The van der Waals surface area contributed by atoms with E-state index >= 15 is 0 Å². The minimum absolute atomic E-state index is 1.13. The van der Waals surface area contributed by atoms with Crippen LogP contribution in [0.2, 0.25) is 0 Å². The van der Waals surface area contributed by atoms with Gasteiger partial charge in [-0.2, -0.15) is 0 Å². The van der Waals surface area contributed by atoms with Crippen LogP contribution in [0.25, 0.3) is 0 Å². The predicted molar refractivity (Wildman–Crippen MR) is 83.7 cm³/mol. The van der Waals surface area contributed by atoms with Gasteiger partial charge in [0.2, 0.25) is 0 Å². The maximum Gasteiger partial charge on any atom is -0.0273 e. The van der Waals surface area contributed by atoms with Crippen molar-refractivity contribution >= 4 is 0 Å².